The Morgan fingerprint density at radius 2 is 2.54 bits per heavy atom. The number of anilines is 1. The van der Waals surface area contributed by atoms with Crippen LogP contribution >= 0.6 is 0 Å². The minimum Gasteiger partial charge on any atom is -0.347 e. The lowest BCUT2D eigenvalue weighted by molar-refractivity contribution is 0.630. The maximum absolute atomic E-state index is 4.04. The highest BCUT2D eigenvalue weighted by Gasteiger charge is 1.99. The van der Waals surface area contributed by atoms with Gasteiger partial charge in [0.25, 0.3) is 5.95 Å². The Balaban J connectivity index is 1.93. The van der Waals surface area contributed by atoms with Crippen LogP contribution in [0.1, 0.15) is 5.82 Å². The van der Waals surface area contributed by atoms with Crippen LogP contribution in [0, 0.1) is 0 Å². The predicted molar refractivity (Wildman–Crippen MR) is 44.7 cm³/mol. The lowest BCUT2D eigenvalue weighted by Crippen LogP contribution is -2.03. The molecule has 2 heterocycles. The highest BCUT2D eigenvalue weighted by atomic mass is 15.6. The molecule has 7 heteroatoms. The smallest absolute Gasteiger partial charge is 0.263 e. The van der Waals surface area contributed by atoms with Crippen LogP contribution in [0.15, 0.2) is 12.4 Å². The summed E-state index contributed by atoms with van der Waals surface area (Å²) in [6.07, 6.45) is 3.46. The number of rotatable bonds is 3. The number of aryl methyl sites for hydroxylation is 1. The number of nitrogens with one attached hydrogen (secondary N) is 2. The predicted octanol–water partition coefficient (Wildman–Crippen LogP) is -0.455. The Labute approximate surface area is 74.2 Å². The molecule has 0 radical (unpaired) electrons. The van der Waals surface area contributed by atoms with Crippen molar-refractivity contribution in [3.8, 4) is 0 Å². The van der Waals surface area contributed by atoms with E-state index in [1.165, 1.54) is 4.80 Å². The van der Waals surface area contributed by atoms with Gasteiger partial charge in [-0.05, 0) is 5.21 Å². The fraction of sp³-hybridized carbons (Fsp3) is 0.333. The van der Waals surface area contributed by atoms with Gasteiger partial charge in [-0.25, -0.2) is 4.98 Å². The fourth-order valence-electron chi connectivity index (χ4n) is 0.912. The van der Waals surface area contributed by atoms with Gasteiger partial charge in [0.15, 0.2) is 0 Å². The van der Waals surface area contributed by atoms with Gasteiger partial charge in [-0.1, -0.05) is 5.10 Å². The molecule has 0 saturated heterocycles. The first kappa shape index (κ1) is 7.71. The van der Waals surface area contributed by atoms with Gasteiger partial charge >= 0.3 is 0 Å². The summed E-state index contributed by atoms with van der Waals surface area (Å²) in [5.41, 5.74) is 0. The normalized spacial score (nSPS) is 10.2. The average molecular weight is 179 g/mol. The van der Waals surface area contributed by atoms with Crippen molar-refractivity contribution in [3.63, 3.8) is 0 Å². The number of tetrazole rings is 1. The third-order valence-electron chi connectivity index (χ3n) is 1.48. The van der Waals surface area contributed by atoms with Gasteiger partial charge in [-0.15, -0.1) is 5.10 Å². The standard InChI is InChI=1S/C6H9N7/c1-13-11-6(10-12-13)9-4-5-7-2-3-8-5/h2-3H,4H2,1H3,(H,7,8)(H,9,11). The third kappa shape index (κ3) is 1.81. The largest absolute Gasteiger partial charge is 0.347 e. The molecule has 0 unspecified atom stereocenters. The minimum atomic E-state index is 0.499. The molecule has 0 amide bonds. The molecular weight excluding hydrogens is 170 g/mol. The Bertz CT molecular complexity index is 362. The van der Waals surface area contributed by atoms with Crippen LogP contribution in [0.4, 0.5) is 5.95 Å². The van der Waals surface area contributed by atoms with Gasteiger partial charge in [0, 0.05) is 12.4 Å². The zero-order valence-corrected chi connectivity index (χ0v) is 7.10. The van der Waals surface area contributed by atoms with Gasteiger partial charge in [-0.3, -0.25) is 0 Å². The summed E-state index contributed by atoms with van der Waals surface area (Å²) >= 11 is 0. The van der Waals surface area contributed by atoms with Gasteiger partial charge in [-0.2, -0.15) is 4.80 Å². The summed E-state index contributed by atoms with van der Waals surface area (Å²) in [5.74, 6) is 1.34. The van der Waals surface area contributed by atoms with Crippen LogP contribution in [0.2, 0.25) is 0 Å². The van der Waals surface area contributed by atoms with E-state index in [4.69, 9.17) is 0 Å². The number of hydrogen-bond acceptors (Lipinski definition) is 5. The number of H-pyrrole nitrogens is 1. The summed E-state index contributed by atoms with van der Waals surface area (Å²) < 4.78 is 0. The molecule has 0 aliphatic heterocycles. The van der Waals surface area contributed by atoms with E-state index in [0.29, 0.717) is 12.5 Å². The van der Waals surface area contributed by atoms with Crippen molar-refractivity contribution in [3.05, 3.63) is 18.2 Å². The molecule has 2 aromatic heterocycles. The quantitative estimate of drug-likeness (QED) is 0.666. The molecule has 13 heavy (non-hydrogen) atoms. The molecule has 0 aromatic carbocycles. The molecule has 2 aromatic rings. The second-order valence-electron chi connectivity index (χ2n) is 2.49. The Morgan fingerprint density at radius 1 is 1.62 bits per heavy atom. The van der Waals surface area contributed by atoms with Crippen molar-refractivity contribution in [2.75, 3.05) is 5.32 Å². The van der Waals surface area contributed by atoms with Crippen LogP contribution in [0.25, 0.3) is 0 Å². The maximum atomic E-state index is 4.04. The van der Waals surface area contributed by atoms with E-state index in [1.807, 2.05) is 0 Å². The van der Waals surface area contributed by atoms with Crippen molar-refractivity contribution in [1.82, 2.24) is 30.2 Å². The molecular formula is C6H9N7. The Hall–Kier alpha value is -1.92. The van der Waals surface area contributed by atoms with Gasteiger partial charge < -0.3 is 10.3 Å². The molecule has 7 nitrogen and oxygen atoms in total. The van der Waals surface area contributed by atoms with Crippen LogP contribution in [-0.2, 0) is 13.6 Å². The summed E-state index contributed by atoms with van der Waals surface area (Å²) in [7, 11) is 1.71. The monoisotopic (exact) mass is 179 g/mol. The molecule has 0 aliphatic carbocycles. The summed E-state index contributed by atoms with van der Waals surface area (Å²) in [6, 6.07) is 0. The van der Waals surface area contributed by atoms with E-state index in [-0.39, 0.29) is 0 Å². The van der Waals surface area contributed by atoms with E-state index in [2.05, 4.69) is 30.7 Å². The highest BCUT2D eigenvalue weighted by molar-refractivity contribution is 5.19. The second-order valence-corrected chi connectivity index (χ2v) is 2.49. The van der Waals surface area contributed by atoms with Crippen molar-refractivity contribution in [1.29, 1.82) is 0 Å². The Morgan fingerprint density at radius 3 is 3.15 bits per heavy atom. The number of hydrogen-bond donors (Lipinski definition) is 2. The van der Waals surface area contributed by atoms with E-state index >= 15 is 0 Å². The van der Waals surface area contributed by atoms with Crippen molar-refractivity contribution >= 4 is 5.95 Å². The maximum Gasteiger partial charge on any atom is 0.263 e. The third-order valence-corrected chi connectivity index (χ3v) is 1.48. The van der Waals surface area contributed by atoms with E-state index < -0.39 is 0 Å². The van der Waals surface area contributed by atoms with Crippen LogP contribution in [0.5, 0.6) is 0 Å². The molecule has 0 aliphatic rings. The SMILES string of the molecule is Cn1nnc(NCc2ncc[nH]2)n1. The molecule has 2 rings (SSSR count). The molecule has 68 valence electrons. The van der Waals surface area contributed by atoms with Crippen molar-refractivity contribution in [2.45, 2.75) is 6.54 Å². The number of imidazole rings is 1. The minimum absolute atomic E-state index is 0.499. The van der Waals surface area contributed by atoms with Crippen LogP contribution < -0.4 is 5.32 Å². The zero-order chi connectivity index (χ0) is 9.10. The van der Waals surface area contributed by atoms with E-state index in [9.17, 15) is 0 Å². The number of aromatic amines is 1. The molecule has 0 saturated carbocycles. The average Bonchev–Trinajstić information content (AvgIpc) is 2.71. The first-order chi connectivity index (χ1) is 6.34. The summed E-state index contributed by atoms with van der Waals surface area (Å²) in [6.45, 7) is 0.568. The van der Waals surface area contributed by atoms with Gasteiger partial charge in [0.05, 0.1) is 13.6 Å². The second kappa shape index (κ2) is 3.21. The zero-order valence-electron chi connectivity index (χ0n) is 7.10. The molecule has 2 N–H and O–H groups in total. The highest BCUT2D eigenvalue weighted by Crippen LogP contribution is 1.95. The van der Waals surface area contributed by atoms with Crippen molar-refractivity contribution < 1.29 is 0 Å². The van der Waals surface area contributed by atoms with E-state index in [0.717, 1.165) is 5.82 Å². The number of aromatic nitrogens is 6. The first-order valence-electron chi connectivity index (χ1n) is 3.81. The molecule has 0 bridgehead atoms. The molecule has 0 fully saturated rings. The topological polar surface area (TPSA) is 84.3 Å². The lowest BCUT2D eigenvalue weighted by atomic mass is 10.6. The number of nitrogens with zero attached hydrogens (tertiary/aromatic N) is 5. The fourth-order valence-corrected chi connectivity index (χ4v) is 0.912. The lowest BCUT2D eigenvalue weighted by Gasteiger charge is -1.95. The van der Waals surface area contributed by atoms with Crippen LogP contribution in [-0.4, -0.2) is 30.2 Å². The summed E-state index contributed by atoms with van der Waals surface area (Å²) in [5, 5.41) is 14.4. The van der Waals surface area contributed by atoms with Gasteiger partial charge in [0.2, 0.25) is 0 Å². The van der Waals surface area contributed by atoms with Crippen LogP contribution in [0.3, 0.4) is 0 Å². The molecule has 0 spiro atoms. The first-order valence-corrected chi connectivity index (χ1v) is 3.81. The van der Waals surface area contributed by atoms with E-state index in [1.54, 1.807) is 19.4 Å². The molecule has 0 atom stereocenters. The Kier molecular flexibility index (Phi) is 1.91. The van der Waals surface area contributed by atoms with Gasteiger partial charge in [0.1, 0.15) is 5.82 Å². The summed E-state index contributed by atoms with van der Waals surface area (Å²) in [4.78, 5) is 8.39. The van der Waals surface area contributed by atoms with Crippen molar-refractivity contribution in [2.24, 2.45) is 7.05 Å².